The van der Waals surface area contributed by atoms with E-state index in [1.807, 2.05) is 13.8 Å². The maximum atomic E-state index is 17.2. The second-order valence-corrected chi connectivity index (χ2v) is 12.4. The van der Waals surface area contributed by atoms with Crippen molar-refractivity contribution in [2.24, 2.45) is 28.6 Å². The zero-order chi connectivity index (χ0) is 26.4. The highest BCUT2D eigenvalue weighted by Gasteiger charge is 2.75. The number of Topliss-reactive ketones (excluding diaryl/α,β-unsaturated/α-hetero) is 1. The van der Waals surface area contributed by atoms with Crippen LogP contribution < -0.4 is 5.32 Å². The molecule has 0 radical (unpaired) electrons. The topological polar surface area (TPSA) is 112 Å². The number of thiazole rings is 1. The summed E-state index contributed by atoms with van der Waals surface area (Å²) in [5, 5.41) is 17.2. The first-order valence-corrected chi connectivity index (χ1v) is 13.6. The zero-order valence-electron chi connectivity index (χ0n) is 21.0. The van der Waals surface area contributed by atoms with Crippen LogP contribution in [-0.2, 0) is 15.2 Å². The first-order valence-electron chi connectivity index (χ1n) is 12.7. The van der Waals surface area contributed by atoms with Gasteiger partial charge in [-0.1, -0.05) is 25.5 Å². The van der Waals surface area contributed by atoms with E-state index in [1.54, 1.807) is 36.7 Å². The molecule has 7 nitrogen and oxygen atoms in total. The minimum atomic E-state index is -2.14. The van der Waals surface area contributed by atoms with Gasteiger partial charge >= 0.3 is 0 Å². The normalized spacial score (nSPS) is 40.6. The molecule has 194 valence electrons. The number of anilines is 1. The second-order valence-electron chi connectivity index (χ2n) is 11.6. The van der Waals surface area contributed by atoms with Gasteiger partial charge in [0.25, 0.3) is 5.91 Å². The number of aliphatic hydroxyl groups is 1. The third-order valence-corrected chi connectivity index (χ3v) is 10.7. The van der Waals surface area contributed by atoms with Gasteiger partial charge < -0.3 is 10.1 Å². The van der Waals surface area contributed by atoms with Crippen molar-refractivity contribution in [3.63, 3.8) is 0 Å². The molecule has 7 atom stereocenters. The van der Waals surface area contributed by atoms with Crippen LogP contribution >= 0.6 is 11.3 Å². The van der Waals surface area contributed by atoms with Gasteiger partial charge in [-0.2, -0.15) is 0 Å². The SMILES string of the molecule is C[C@@H]1C[C@H]2[C@@H]3CCC4=CC(=O)C=C[C@]4(C)[C@@]3(F)C(=O)C[C@]2(C)[C@@]1(O)c1csc(NC(=O)c2ccc[nH]2)n1. The lowest BCUT2D eigenvalue weighted by atomic mass is 9.45. The van der Waals surface area contributed by atoms with E-state index in [-0.39, 0.29) is 29.9 Å². The number of amides is 1. The zero-order valence-corrected chi connectivity index (χ0v) is 21.8. The third kappa shape index (κ3) is 3.01. The molecule has 4 aliphatic rings. The van der Waals surface area contributed by atoms with Crippen molar-refractivity contribution < 1.29 is 23.9 Å². The number of aromatic nitrogens is 2. The van der Waals surface area contributed by atoms with Gasteiger partial charge in [0.2, 0.25) is 0 Å². The molecule has 4 aliphatic carbocycles. The highest BCUT2D eigenvalue weighted by atomic mass is 32.1. The monoisotopic (exact) mass is 523 g/mol. The van der Waals surface area contributed by atoms with Gasteiger partial charge in [0.1, 0.15) is 11.3 Å². The van der Waals surface area contributed by atoms with E-state index < -0.39 is 33.8 Å². The molecule has 37 heavy (non-hydrogen) atoms. The van der Waals surface area contributed by atoms with Crippen LogP contribution in [0, 0.1) is 28.6 Å². The second kappa shape index (κ2) is 7.80. The molecule has 0 aliphatic heterocycles. The number of fused-ring (bicyclic) bond motifs is 5. The fourth-order valence-electron chi connectivity index (χ4n) is 7.96. The number of carbonyl (C=O) groups excluding carboxylic acids is 3. The van der Waals surface area contributed by atoms with Crippen molar-refractivity contribution in [2.45, 2.75) is 57.7 Å². The summed E-state index contributed by atoms with van der Waals surface area (Å²) >= 11 is 1.21. The van der Waals surface area contributed by atoms with E-state index in [0.29, 0.717) is 41.4 Å². The van der Waals surface area contributed by atoms with Crippen LogP contribution in [0.1, 0.15) is 62.6 Å². The molecule has 0 saturated heterocycles. The summed E-state index contributed by atoms with van der Waals surface area (Å²) < 4.78 is 17.2. The molecule has 2 aromatic rings. The lowest BCUT2D eigenvalue weighted by molar-refractivity contribution is -0.185. The van der Waals surface area contributed by atoms with Gasteiger partial charge in [-0.25, -0.2) is 9.37 Å². The van der Waals surface area contributed by atoms with Gasteiger partial charge in [-0.3, -0.25) is 19.7 Å². The van der Waals surface area contributed by atoms with Crippen molar-refractivity contribution in [1.29, 1.82) is 0 Å². The van der Waals surface area contributed by atoms with Gasteiger partial charge in [0.15, 0.2) is 22.4 Å². The summed E-state index contributed by atoms with van der Waals surface area (Å²) in [6.45, 7) is 5.56. The molecular formula is C28H30FN3O4S. The minimum Gasteiger partial charge on any atom is -0.383 e. The Balaban J connectivity index is 1.36. The Kier molecular flexibility index (Phi) is 5.15. The van der Waals surface area contributed by atoms with Crippen molar-refractivity contribution in [2.75, 3.05) is 5.32 Å². The Morgan fingerprint density at radius 2 is 2.08 bits per heavy atom. The van der Waals surface area contributed by atoms with E-state index in [0.717, 1.165) is 0 Å². The lowest BCUT2D eigenvalue weighted by Gasteiger charge is -2.59. The average molecular weight is 524 g/mol. The van der Waals surface area contributed by atoms with Gasteiger partial charge in [-0.05, 0) is 62.3 Å². The van der Waals surface area contributed by atoms with Crippen molar-refractivity contribution >= 4 is 33.9 Å². The van der Waals surface area contributed by atoms with Crippen molar-refractivity contribution in [3.05, 3.63) is 58.9 Å². The van der Waals surface area contributed by atoms with Crippen LogP contribution in [-0.4, -0.2) is 38.2 Å². The molecule has 0 bridgehead atoms. The predicted molar refractivity (Wildman–Crippen MR) is 137 cm³/mol. The number of hydrogen-bond acceptors (Lipinski definition) is 6. The fourth-order valence-corrected chi connectivity index (χ4v) is 8.72. The molecular weight excluding hydrogens is 493 g/mol. The standard InChI is InChI=1S/C28H30FN3O4S/c1-15-11-19-18-7-6-16-12-17(33)8-9-25(16,2)27(18,29)22(34)13-26(19,3)28(15,36)21-14-37-24(31-21)32-23(35)20-5-4-10-30-20/h4-5,8-10,12,14-15,18-19,30,36H,6-7,11,13H2,1-3H3,(H,31,32,35)/t15-,18+,19+,25+,26+,27+,28+/m1/s1. The van der Waals surface area contributed by atoms with E-state index in [9.17, 15) is 19.5 Å². The van der Waals surface area contributed by atoms with Crippen molar-refractivity contribution in [3.8, 4) is 0 Å². The van der Waals surface area contributed by atoms with Gasteiger partial charge in [0, 0.05) is 34.7 Å². The molecule has 2 aromatic heterocycles. The van der Waals surface area contributed by atoms with E-state index in [1.165, 1.54) is 23.5 Å². The maximum absolute atomic E-state index is 17.2. The summed E-state index contributed by atoms with van der Waals surface area (Å²) in [4.78, 5) is 45.8. The number of hydrogen-bond donors (Lipinski definition) is 3. The minimum absolute atomic E-state index is 0.127. The molecule has 0 aromatic carbocycles. The van der Waals surface area contributed by atoms with Crippen LogP contribution in [0.3, 0.4) is 0 Å². The van der Waals surface area contributed by atoms with Gasteiger partial charge in [0.05, 0.1) is 5.69 Å². The summed E-state index contributed by atoms with van der Waals surface area (Å²) in [6, 6.07) is 3.38. The predicted octanol–water partition coefficient (Wildman–Crippen LogP) is 4.74. The summed E-state index contributed by atoms with van der Waals surface area (Å²) in [5.41, 5.74) is -4.21. The fraction of sp³-hybridized carbons (Fsp3) is 0.500. The highest BCUT2D eigenvalue weighted by molar-refractivity contribution is 7.14. The molecule has 3 fully saturated rings. The van der Waals surface area contributed by atoms with E-state index in [2.05, 4.69) is 15.3 Å². The number of nitrogens with zero attached hydrogens (tertiary/aromatic N) is 1. The molecule has 3 N–H and O–H groups in total. The number of ketones is 2. The number of alkyl halides is 1. The smallest absolute Gasteiger partial charge is 0.273 e. The number of carbonyl (C=O) groups is 3. The quantitative estimate of drug-likeness (QED) is 0.538. The number of halogens is 1. The summed E-state index contributed by atoms with van der Waals surface area (Å²) in [7, 11) is 0. The first-order chi connectivity index (χ1) is 17.4. The number of aromatic amines is 1. The first kappa shape index (κ1) is 24.4. The summed E-state index contributed by atoms with van der Waals surface area (Å²) in [6.07, 6.45) is 7.52. The van der Waals surface area contributed by atoms with Crippen LogP contribution in [0.2, 0.25) is 0 Å². The number of nitrogens with one attached hydrogen (secondary N) is 2. The van der Waals surface area contributed by atoms with Crippen molar-refractivity contribution in [1.82, 2.24) is 9.97 Å². The van der Waals surface area contributed by atoms with Crippen LogP contribution in [0.4, 0.5) is 9.52 Å². The molecule has 9 heteroatoms. The number of H-pyrrole nitrogens is 1. The Morgan fingerprint density at radius 1 is 1.30 bits per heavy atom. The molecule has 3 saturated carbocycles. The molecule has 0 spiro atoms. The number of rotatable bonds is 3. The maximum Gasteiger partial charge on any atom is 0.273 e. The summed E-state index contributed by atoms with van der Waals surface area (Å²) in [5.74, 6) is -2.14. The average Bonchev–Trinajstić information content (AvgIpc) is 3.58. The molecule has 6 rings (SSSR count). The Morgan fingerprint density at radius 3 is 2.81 bits per heavy atom. The van der Waals surface area contributed by atoms with E-state index >= 15 is 4.39 Å². The lowest BCUT2D eigenvalue weighted by Crippen LogP contribution is -2.66. The van der Waals surface area contributed by atoms with Crippen LogP contribution in [0.15, 0.2) is 47.5 Å². The Labute approximate surface area is 218 Å². The molecule has 0 unspecified atom stereocenters. The molecule has 1 amide bonds. The largest absolute Gasteiger partial charge is 0.383 e. The third-order valence-electron chi connectivity index (χ3n) is 9.94. The van der Waals surface area contributed by atoms with E-state index in [4.69, 9.17) is 0 Å². The van der Waals surface area contributed by atoms with Gasteiger partial charge in [-0.15, -0.1) is 11.3 Å². The van der Waals surface area contributed by atoms with Crippen LogP contribution in [0.5, 0.6) is 0 Å². The Bertz CT molecular complexity index is 1380. The number of allylic oxidation sites excluding steroid dienone is 4. The van der Waals surface area contributed by atoms with Crippen LogP contribution in [0.25, 0.3) is 0 Å². The Hall–Kier alpha value is -2.91. The highest BCUT2D eigenvalue weighted by Crippen LogP contribution is 2.71. The molecule has 2 heterocycles.